The maximum Gasteiger partial charge on any atom is 0.310 e. The largest absolute Gasteiger partial charge is 0.481 e. The van der Waals surface area contributed by atoms with Gasteiger partial charge in [0.05, 0.1) is 5.92 Å². The van der Waals surface area contributed by atoms with Crippen LogP contribution >= 0.6 is 11.6 Å². The molecule has 0 amide bonds. The first-order valence-electron chi connectivity index (χ1n) is 4.52. The van der Waals surface area contributed by atoms with E-state index in [-0.39, 0.29) is 28.9 Å². The molecular weight excluding hydrogens is 239 g/mol. The Kier molecular flexibility index (Phi) is 2.63. The number of fused-ring (bicyclic) bond motifs is 1. The lowest BCUT2D eigenvalue weighted by molar-refractivity contribution is -0.138. The lowest BCUT2D eigenvalue weighted by Crippen LogP contribution is -2.09. The standard InChI is InChI=1S/C10H8ClFO4/c1-4(10(13)14)5-2-6-9(16-3-15-6)7(11)8(5)12/h2,4H,3H2,1H3,(H,13,14). The summed E-state index contributed by atoms with van der Waals surface area (Å²) in [7, 11) is 0. The highest BCUT2D eigenvalue weighted by Gasteiger charge is 2.27. The van der Waals surface area contributed by atoms with E-state index >= 15 is 0 Å². The zero-order chi connectivity index (χ0) is 11.9. The summed E-state index contributed by atoms with van der Waals surface area (Å²) in [5.74, 6) is -2.50. The van der Waals surface area contributed by atoms with Gasteiger partial charge in [-0.3, -0.25) is 4.79 Å². The number of carbonyl (C=O) groups is 1. The van der Waals surface area contributed by atoms with E-state index in [1.807, 2.05) is 0 Å². The van der Waals surface area contributed by atoms with Gasteiger partial charge in [0.15, 0.2) is 11.5 Å². The minimum atomic E-state index is -1.13. The fraction of sp³-hybridized carbons (Fsp3) is 0.300. The third-order valence-electron chi connectivity index (χ3n) is 2.41. The van der Waals surface area contributed by atoms with Crippen LogP contribution in [0.2, 0.25) is 5.02 Å². The van der Waals surface area contributed by atoms with E-state index in [4.69, 9.17) is 26.2 Å². The predicted octanol–water partition coefficient (Wildman–Crippen LogP) is 2.40. The van der Waals surface area contributed by atoms with Gasteiger partial charge < -0.3 is 14.6 Å². The Labute approximate surface area is 95.5 Å². The quantitative estimate of drug-likeness (QED) is 0.871. The Balaban J connectivity index is 2.56. The molecule has 86 valence electrons. The van der Waals surface area contributed by atoms with Crippen LogP contribution < -0.4 is 9.47 Å². The minimum absolute atomic E-state index is 0.0123. The SMILES string of the molecule is CC(C(=O)O)c1cc2c(c(Cl)c1F)OCO2. The molecule has 0 bridgehead atoms. The maximum absolute atomic E-state index is 13.7. The average Bonchev–Trinajstić information content (AvgIpc) is 2.70. The van der Waals surface area contributed by atoms with E-state index in [0.29, 0.717) is 0 Å². The topological polar surface area (TPSA) is 55.8 Å². The van der Waals surface area contributed by atoms with Crippen molar-refractivity contribution in [3.63, 3.8) is 0 Å². The van der Waals surface area contributed by atoms with Crippen molar-refractivity contribution in [2.45, 2.75) is 12.8 Å². The van der Waals surface area contributed by atoms with Crippen LogP contribution in [-0.4, -0.2) is 17.9 Å². The molecule has 1 N–H and O–H groups in total. The van der Waals surface area contributed by atoms with Gasteiger partial charge in [0.1, 0.15) is 10.8 Å². The van der Waals surface area contributed by atoms with E-state index in [9.17, 15) is 9.18 Å². The summed E-state index contributed by atoms with van der Waals surface area (Å²) < 4.78 is 23.7. The third-order valence-corrected chi connectivity index (χ3v) is 2.75. The molecular formula is C10H8ClFO4. The second kappa shape index (κ2) is 3.83. The highest BCUT2D eigenvalue weighted by Crippen LogP contribution is 2.43. The molecule has 0 fully saturated rings. The fourth-order valence-corrected chi connectivity index (χ4v) is 1.70. The van der Waals surface area contributed by atoms with Crippen molar-refractivity contribution in [3.05, 3.63) is 22.5 Å². The van der Waals surface area contributed by atoms with Crippen molar-refractivity contribution in [1.82, 2.24) is 0 Å². The number of carboxylic acids is 1. The van der Waals surface area contributed by atoms with Crippen LogP contribution in [0, 0.1) is 5.82 Å². The maximum atomic E-state index is 13.7. The first-order chi connectivity index (χ1) is 7.52. The molecule has 1 aromatic rings. The summed E-state index contributed by atoms with van der Waals surface area (Å²) in [6.45, 7) is 1.33. The van der Waals surface area contributed by atoms with Crippen LogP contribution in [0.15, 0.2) is 6.07 Å². The molecule has 1 atom stereocenters. The third kappa shape index (κ3) is 1.57. The van der Waals surface area contributed by atoms with Gasteiger partial charge in [-0.1, -0.05) is 11.6 Å². The molecule has 1 aromatic carbocycles. The van der Waals surface area contributed by atoms with Gasteiger partial charge in [-0.2, -0.15) is 0 Å². The first kappa shape index (κ1) is 11.0. The van der Waals surface area contributed by atoms with Crippen molar-refractivity contribution < 1.29 is 23.8 Å². The number of carboxylic acid groups (broad SMARTS) is 1. The molecule has 0 spiro atoms. The van der Waals surface area contributed by atoms with E-state index < -0.39 is 17.7 Å². The molecule has 1 unspecified atom stereocenters. The van der Waals surface area contributed by atoms with Gasteiger partial charge in [-0.05, 0) is 13.0 Å². The number of aliphatic carboxylic acids is 1. The molecule has 0 radical (unpaired) electrons. The molecule has 16 heavy (non-hydrogen) atoms. The summed E-state index contributed by atoms with van der Waals surface area (Å²) in [5, 5.41) is 8.58. The summed E-state index contributed by atoms with van der Waals surface area (Å²) in [6, 6.07) is 1.31. The number of ether oxygens (including phenoxy) is 2. The molecule has 4 nitrogen and oxygen atoms in total. The highest BCUT2D eigenvalue weighted by molar-refractivity contribution is 6.32. The number of benzene rings is 1. The second-order valence-electron chi connectivity index (χ2n) is 3.39. The van der Waals surface area contributed by atoms with Gasteiger partial charge in [0.2, 0.25) is 6.79 Å². The van der Waals surface area contributed by atoms with Crippen molar-refractivity contribution in [3.8, 4) is 11.5 Å². The first-order valence-corrected chi connectivity index (χ1v) is 4.90. The molecule has 0 saturated heterocycles. The minimum Gasteiger partial charge on any atom is -0.481 e. The van der Waals surface area contributed by atoms with E-state index in [1.165, 1.54) is 13.0 Å². The lowest BCUT2D eigenvalue weighted by atomic mass is 10.0. The summed E-state index contributed by atoms with van der Waals surface area (Å²) >= 11 is 5.72. The monoisotopic (exact) mass is 246 g/mol. The summed E-state index contributed by atoms with van der Waals surface area (Å²) in [4.78, 5) is 10.8. The Morgan fingerprint density at radius 1 is 1.62 bits per heavy atom. The number of hydrogen-bond acceptors (Lipinski definition) is 3. The molecule has 0 aromatic heterocycles. The van der Waals surface area contributed by atoms with E-state index in [2.05, 4.69) is 0 Å². The van der Waals surface area contributed by atoms with Crippen LogP contribution in [0.1, 0.15) is 18.4 Å². The molecule has 1 aliphatic rings. The van der Waals surface area contributed by atoms with Crippen LogP contribution in [0.4, 0.5) is 4.39 Å². The van der Waals surface area contributed by atoms with Gasteiger partial charge in [0, 0.05) is 5.56 Å². The highest BCUT2D eigenvalue weighted by atomic mass is 35.5. The summed E-state index contributed by atoms with van der Waals surface area (Å²) in [6.07, 6.45) is 0. The van der Waals surface area contributed by atoms with E-state index in [0.717, 1.165) is 0 Å². The van der Waals surface area contributed by atoms with E-state index in [1.54, 1.807) is 0 Å². The average molecular weight is 247 g/mol. The normalized spacial score (nSPS) is 14.9. The molecule has 6 heteroatoms. The van der Waals surface area contributed by atoms with Crippen LogP contribution in [0.25, 0.3) is 0 Å². The van der Waals surface area contributed by atoms with Crippen molar-refractivity contribution in [2.75, 3.05) is 6.79 Å². The van der Waals surface area contributed by atoms with Gasteiger partial charge in [0.25, 0.3) is 0 Å². The Morgan fingerprint density at radius 2 is 2.31 bits per heavy atom. The number of hydrogen-bond donors (Lipinski definition) is 1. The van der Waals surface area contributed by atoms with Gasteiger partial charge >= 0.3 is 5.97 Å². The van der Waals surface area contributed by atoms with Crippen molar-refractivity contribution >= 4 is 17.6 Å². The molecule has 1 heterocycles. The Morgan fingerprint density at radius 3 is 2.94 bits per heavy atom. The Hall–Kier alpha value is -1.49. The number of rotatable bonds is 2. The molecule has 0 aliphatic carbocycles. The Bertz CT molecular complexity index is 461. The van der Waals surface area contributed by atoms with Crippen LogP contribution in [-0.2, 0) is 4.79 Å². The van der Waals surface area contributed by atoms with Gasteiger partial charge in [-0.15, -0.1) is 0 Å². The second-order valence-corrected chi connectivity index (χ2v) is 3.77. The molecule has 1 aliphatic heterocycles. The fourth-order valence-electron chi connectivity index (χ4n) is 1.45. The van der Waals surface area contributed by atoms with Gasteiger partial charge in [-0.25, -0.2) is 4.39 Å². The number of halogens is 2. The molecule has 2 rings (SSSR count). The van der Waals surface area contributed by atoms with Crippen molar-refractivity contribution in [1.29, 1.82) is 0 Å². The predicted molar refractivity (Wildman–Crippen MR) is 53.6 cm³/mol. The van der Waals surface area contributed by atoms with Crippen LogP contribution in [0.3, 0.4) is 0 Å². The zero-order valence-corrected chi connectivity index (χ0v) is 9.05. The van der Waals surface area contributed by atoms with Crippen molar-refractivity contribution in [2.24, 2.45) is 0 Å². The smallest absolute Gasteiger partial charge is 0.310 e. The molecule has 0 saturated carbocycles. The lowest BCUT2D eigenvalue weighted by Gasteiger charge is -2.10. The van der Waals surface area contributed by atoms with Crippen LogP contribution in [0.5, 0.6) is 11.5 Å². The summed E-state index contributed by atoms with van der Waals surface area (Å²) in [5.41, 5.74) is -0.0123. The zero-order valence-electron chi connectivity index (χ0n) is 8.29.